The molecule has 1 heterocycles. The van der Waals surface area contributed by atoms with Crippen molar-refractivity contribution >= 4 is 11.0 Å². The zero-order chi connectivity index (χ0) is 15.0. The Hall–Kier alpha value is -2.13. The van der Waals surface area contributed by atoms with E-state index in [0.717, 1.165) is 16.7 Å². The van der Waals surface area contributed by atoms with Gasteiger partial charge in [-0.15, -0.1) is 0 Å². The molecule has 0 bridgehead atoms. The van der Waals surface area contributed by atoms with Gasteiger partial charge >= 0.3 is 0 Å². The number of aliphatic hydroxyl groups is 1. The average molecular weight is 284 g/mol. The van der Waals surface area contributed by atoms with Gasteiger partial charge in [-0.3, -0.25) is 0 Å². The van der Waals surface area contributed by atoms with Gasteiger partial charge in [-0.05, 0) is 49.2 Å². The summed E-state index contributed by atoms with van der Waals surface area (Å²) in [6.45, 7) is 4.05. The summed E-state index contributed by atoms with van der Waals surface area (Å²) in [4.78, 5) is 0. The quantitative estimate of drug-likeness (QED) is 0.770. The third-order valence-corrected chi connectivity index (χ3v) is 3.74. The summed E-state index contributed by atoms with van der Waals surface area (Å²) in [7, 11) is 0. The molecule has 0 fully saturated rings. The fraction of sp³-hybridized carbons (Fsp3) is 0.222. The predicted octanol–water partition coefficient (Wildman–Crippen LogP) is 4.46. The minimum atomic E-state index is -0.735. The maximum atomic E-state index is 13.2. The first-order valence-corrected chi connectivity index (χ1v) is 6.96. The van der Waals surface area contributed by atoms with E-state index in [1.165, 1.54) is 12.1 Å². The summed E-state index contributed by atoms with van der Waals surface area (Å²) in [5, 5.41) is 11.0. The second kappa shape index (κ2) is 5.34. The number of benzene rings is 2. The van der Waals surface area contributed by atoms with E-state index in [1.54, 1.807) is 12.1 Å². The van der Waals surface area contributed by atoms with E-state index in [1.807, 2.05) is 19.9 Å². The standard InChI is InChI=1S/C18H17FO2/c1-11-3-4-12(2)13(7-11)9-16(20)18-10-14-8-15(19)5-6-17(14)21-18/h3-8,10,16,20H,9H2,1-2H3. The van der Waals surface area contributed by atoms with Gasteiger partial charge in [0.25, 0.3) is 0 Å². The molecule has 3 aromatic rings. The first-order chi connectivity index (χ1) is 10.0. The zero-order valence-corrected chi connectivity index (χ0v) is 12.1. The Kier molecular flexibility index (Phi) is 3.52. The number of furan rings is 1. The van der Waals surface area contributed by atoms with Crippen molar-refractivity contribution in [3.8, 4) is 0 Å². The SMILES string of the molecule is Cc1ccc(C)c(CC(O)c2cc3cc(F)ccc3o2)c1. The molecule has 108 valence electrons. The minimum absolute atomic E-state index is 0.307. The topological polar surface area (TPSA) is 33.4 Å². The fourth-order valence-electron chi connectivity index (χ4n) is 2.53. The van der Waals surface area contributed by atoms with E-state index in [0.29, 0.717) is 23.2 Å². The maximum Gasteiger partial charge on any atom is 0.134 e. The van der Waals surface area contributed by atoms with Gasteiger partial charge in [0, 0.05) is 11.8 Å². The summed E-state index contributed by atoms with van der Waals surface area (Å²) >= 11 is 0. The molecule has 1 unspecified atom stereocenters. The highest BCUT2D eigenvalue weighted by molar-refractivity contribution is 5.77. The molecule has 0 aliphatic heterocycles. The molecule has 1 N–H and O–H groups in total. The van der Waals surface area contributed by atoms with Crippen LogP contribution in [0.2, 0.25) is 0 Å². The van der Waals surface area contributed by atoms with E-state index in [4.69, 9.17) is 4.42 Å². The Morgan fingerprint density at radius 2 is 1.90 bits per heavy atom. The van der Waals surface area contributed by atoms with Crippen LogP contribution in [0.15, 0.2) is 46.9 Å². The summed E-state index contributed by atoms with van der Waals surface area (Å²) in [6.07, 6.45) is -0.253. The van der Waals surface area contributed by atoms with Crippen molar-refractivity contribution in [1.29, 1.82) is 0 Å². The zero-order valence-electron chi connectivity index (χ0n) is 12.1. The molecule has 0 amide bonds. The van der Waals surface area contributed by atoms with Crippen LogP contribution >= 0.6 is 0 Å². The second-order valence-corrected chi connectivity index (χ2v) is 5.48. The highest BCUT2D eigenvalue weighted by Gasteiger charge is 2.15. The molecule has 0 saturated heterocycles. The van der Waals surface area contributed by atoms with E-state index < -0.39 is 6.10 Å². The Bertz CT molecular complexity index is 789. The molecule has 0 spiro atoms. The second-order valence-electron chi connectivity index (χ2n) is 5.48. The molecule has 3 heteroatoms. The van der Waals surface area contributed by atoms with E-state index in [-0.39, 0.29) is 5.82 Å². The summed E-state index contributed by atoms with van der Waals surface area (Å²) in [5.41, 5.74) is 3.98. The molecule has 21 heavy (non-hydrogen) atoms. The Labute approximate surface area is 122 Å². The van der Waals surface area contributed by atoms with Crippen LogP contribution in [0.3, 0.4) is 0 Å². The van der Waals surface area contributed by atoms with Crippen LogP contribution in [0, 0.1) is 19.7 Å². The lowest BCUT2D eigenvalue weighted by Crippen LogP contribution is -2.02. The van der Waals surface area contributed by atoms with Crippen molar-refractivity contribution < 1.29 is 13.9 Å². The van der Waals surface area contributed by atoms with Crippen LogP contribution in [0.1, 0.15) is 28.6 Å². The van der Waals surface area contributed by atoms with E-state index in [9.17, 15) is 9.50 Å². The molecule has 1 aromatic heterocycles. The Balaban J connectivity index is 1.89. The third-order valence-electron chi connectivity index (χ3n) is 3.74. The van der Waals surface area contributed by atoms with Crippen LogP contribution in [0.4, 0.5) is 4.39 Å². The van der Waals surface area contributed by atoms with Crippen LogP contribution in [0.25, 0.3) is 11.0 Å². The smallest absolute Gasteiger partial charge is 0.134 e. The van der Waals surface area contributed by atoms with Crippen LogP contribution in [-0.4, -0.2) is 5.11 Å². The van der Waals surface area contributed by atoms with Crippen LogP contribution in [0.5, 0.6) is 0 Å². The van der Waals surface area contributed by atoms with Gasteiger partial charge in [0.2, 0.25) is 0 Å². The highest BCUT2D eigenvalue weighted by atomic mass is 19.1. The number of hydrogen-bond acceptors (Lipinski definition) is 2. The molecule has 0 aliphatic rings. The van der Waals surface area contributed by atoms with Gasteiger partial charge < -0.3 is 9.52 Å². The van der Waals surface area contributed by atoms with Gasteiger partial charge in [0.1, 0.15) is 23.3 Å². The average Bonchev–Trinajstić information content (AvgIpc) is 2.86. The van der Waals surface area contributed by atoms with Crippen LogP contribution < -0.4 is 0 Å². The number of aryl methyl sites for hydroxylation is 2. The van der Waals surface area contributed by atoms with Crippen molar-refractivity contribution in [3.05, 3.63) is 70.7 Å². The lowest BCUT2D eigenvalue weighted by Gasteiger charge is -2.11. The molecule has 2 nitrogen and oxygen atoms in total. The minimum Gasteiger partial charge on any atom is -0.458 e. The fourth-order valence-corrected chi connectivity index (χ4v) is 2.53. The van der Waals surface area contributed by atoms with Crippen molar-refractivity contribution in [2.75, 3.05) is 0 Å². The van der Waals surface area contributed by atoms with E-state index in [2.05, 4.69) is 12.1 Å². The van der Waals surface area contributed by atoms with Crippen molar-refractivity contribution in [3.63, 3.8) is 0 Å². The normalized spacial score (nSPS) is 12.8. The van der Waals surface area contributed by atoms with Crippen molar-refractivity contribution in [1.82, 2.24) is 0 Å². The summed E-state index contributed by atoms with van der Waals surface area (Å²) in [6, 6.07) is 12.2. The van der Waals surface area contributed by atoms with E-state index >= 15 is 0 Å². The van der Waals surface area contributed by atoms with Crippen molar-refractivity contribution in [2.45, 2.75) is 26.4 Å². The van der Waals surface area contributed by atoms with Gasteiger partial charge in [-0.1, -0.05) is 23.8 Å². The monoisotopic (exact) mass is 284 g/mol. The number of halogens is 1. The highest BCUT2D eigenvalue weighted by Crippen LogP contribution is 2.27. The molecule has 3 rings (SSSR count). The lowest BCUT2D eigenvalue weighted by molar-refractivity contribution is 0.152. The van der Waals surface area contributed by atoms with Gasteiger partial charge in [-0.25, -0.2) is 4.39 Å². The first kappa shape index (κ1) is 13.8. The van der Waals surface area contributed by atoms with Gasteiger partial charge in [0.05, 0.1) is 0 Å². The maximum absolute atomic E-state index is 13.2. The van der Waals surface area contributed by atoms with Crippen LogP contribution in [-0.2, 0) is 6.42 Å². The number of fused-ring (bicyclic) bond motifs is 1. The molecule has 0 radical (unpaired) electrons. The number of aliphatic hydroxyl groups excluding tert-OH is 1. The molecular weight excluding hydrogens is 267 g/mol. The molecule has 1 atom stereocenters. The van der Waals surface area contributed by atoms with Crippen molar-refractivity contribution in [2.24, 2.45) is 0 Å². The number of hydrogen-bond donors (Lipinski definition) is 1. The molecule has 0 saturated carbocycles. The summed E-state index contributed by atoms with van der Waals surface area (Å²) in [5.74, 6) is 0.162. The lowest BCUT2D eigenvalue weighted by atomic mass is 9.99. The molecule has 2 aromatic carbocycles. The largest absolute Gasteiger partial charge is 0.458 e. The Morgan fingerprint density at radius 3 is 2.71 bits per heavy atom. The van der Waals surface area contributed by atoms with Gasteiger partial charge in [0.15, 0.2) is 0 Å². The number of rotatable bonds is 3. The molecule has 0 aliphatic carbocycles. The van der Waals surface area contributed by atoms with Gasteiger partial charge in [-0.2, -0.15) is 0 Å². The first-order valence-electron chi connectivity index (χ1n) is 6.96. The molecular formula is C18H17FO2. The Morgan fingerprint density at radius 1 is 1.10 bits per heavy atom. The predicted molar refractivity (Wildman–Crippen MR) is 80.8 cm³/mol. The third kappa shape index (κ3) is 2.83. The summed E-state index contributed by atoms with van der Waals surface area (Å²) < 4.78 is 18.8.